The maximum atomic E-state index is 12.8. The normalized spacial score (nSPS) is 28.3. The Balaban J connectivity index is 1.97. The Bertz CT molecular complexity index is 482. The fourth-order valence-corrected chi connectivity index (χ4v) is 4.99. The second kappa shape index (κ2) is 7.61. The van der Waals surface area contributed by atoms with Gasteiger partial charge in [0.2, 0.25) is 0 Å². The first-order chi connectivity index (χ1) is 10.4. The van der Waals surface area contributed by atoms with Crippen LogP contribution < -0.4 is 5.32 Å². The number of nitrogens with zero attached hydrogens (tertiary/aromatic N) is 2. The highest BCUT2D eigenvalue weighted by Crippen LogP contribution is 2.23. The molecule has 0 aliphatic carbocycles. The van der Waals surface area contributed by atoms with Gasteiger partial charge in [0.25, 0.3) is 10.2 Å². The standard InChI is InChI=1S/C14H27N3O4S/c1-3-21-14(18)15-13-7-5-9-17(11-13)22(19,20)16-8-4-6-12(2)10-16/h12-13H,3-11H2,1-2H3,(H,15,18)/t12-,13+/m0/s1. The van der Waals surface area contributed by atoms with Gasteiger partial charge in [-0.15, -0.1) is 0 Å². The highest BCUT2D eigenvalue weighted by atomic mass is 32.2. The van der Waals surface area contributed by atoms with Crippen LogP contribution in [0.3, 0.4) is 0 Å². The highest BCUT2D eigenvalue weighted by molar-refractivity contribution is 7.86. The lowest BCUT2D eigenvalue weighted by Gasteiger charge is -2.38. The zero-order chi connectivity index (χ0) is 16.2. The maximum absolute atomic E-state index is 12.8. The van der Waals surface area contributed by atoms with Crippen LogP contribution in [0.25, 0.3) is 0 Å². The molecule has 0 unspecified atom stereocenters. The van der Waals surface area contributed by atoms with E-state index in [1.165, 1.54) is 4.31 Å². The third-order valence-corrected chi connectivity index (χ3v) is 6.22. The lowest BCUT2D eigenvalue weighted by molar-refractivity contribution is 0.141. The summed E-state index contributed by atoms with van der Waals surface area (Å²) in [6, 6.07) is -0.176. The second-order valence-corrected chi connectivity index (χ2v) is 8.10. The molecule has 0 spiro atoms. The van der Waals surface area contributed by atoms with E-state index < -0.39 is 16.3 Å². The summed E-state index contributed by atoms with van der Waals surface area (Å²) in [5.74, 6) is 0.404. The van der Waals surface area contributed by atoms with Gasteiger partial charge in [0.15, 0.2) is 0 Å². The van der Waals surface area contributed by atoms with Gasteiger partial charge < -0.3 is 10.1 Å². The predicted octanol–water partition coefficient (Wildman–Crippen LogP) is 1.17. The van der Waals surface area contributed by atoms with Gasteiger partial charge in [0, 0.05) is 32.2 Å². The molecule has 2 heterocycles. The molecule has 0 aromatic rings. The van der Waals surface area contributed by atoms with Crippen LogP contribution in [0, 0.1) is 5.92 Å². The first-order valence-corrected chi connectivity index (χ1v) is 9.51. The molecule has 2 fully saturated rings. The van der Waals surface area contributed by atoms with E-state index in [-0.39, 0.29) is 6.04 Å². The Morgan fingerprint density at radius 1 is 1.18 bits per heavy atom. The number of ether oxygens (including phenoxy) is 1. The van der Waals surface area contributed by atoms with Gasteiger partial charge in [-0.25, -0.2) is 4.79 Å². The molecule has 0 saturated carbocycles. The fourth-order valence-electron chi connectivity index (χ4n) is 3.13. The number of nitrogens with one attached hydrogen (secondary N) is 1. The topological polar surface area (TPSA) is 79.0 Å². The van der Waals surface area contributed by atoms with E-state index in [1.807, 2.05) is 0 Å². The third kappa shape index (κ3) is 4.33. The monoisotopic (exact) mass is 333 g/mol. The van der Waals surface area contributed by atoms with Gasteiger partial charge in [-0.2, -0.15) is 17.0 Å². The van der Waals surface area contributed by atoms with Gasteiger partial charge in [0.05, 0.1) is 6.61 Å². The van der Waals surface area contributed by atoms with Gasteiger partial charge >= 0.3 is 6.09 Å². The number of rotatable bonds is 4. The summed E-state index contributed by atoms with van der Waals surface area (Å²) in [5, 5.41) is 2.75. The number of hydrogen-bond acceptors (Lipinski definition) is 4. The quantitative estimate of drug-likeness (QED) is 0.838. The Hall–Kier alpha value is -0.860. The third-order valence-electron chi connectivity index (χ3n) is 4.25. The summed E-state index contributed by atoms with van der Waals surface area (Å²) in [6.07, 6.45) is 3.05. The SMILES string of the molecule is CCOC(=O)N[C@@H]1CCCN(S(=O)(=O)N2CCC[C@H](C)C2)C1. The second-order valence-electron chi connectivity index (χ2n) is 6.18. The number of amides is 1. The average molecular weight is 333 g/mol. The molecular weight excluding hydrogens is 306 g/mol. The minimum absolute atomic E-state index is 0.176. The van der Waals surface area contributed by atoms with Crippen LogP contribution >= 0.6 is 0 Å². The molecule has 0 aromatic heterocycles. The van der Waals surface area contributed by atoms with Crippen molar-refractivity contribution < 1.29 is 17.9 Å². The molecule has 0 aromatic carbocycles. The molecule has 1 N–H and O–H groups in total. The Kier molecular flexibility index (Phi) is 6.05. The van der Waals surface area contributed by atoms with Gasteiger partial charge in [-0.1, -0.05) is 6.92 Å². The van der Waals surface area contributed by atoms with E-state index in [0.717, 1.165) is 25.7 Å². The largest absolute Gasteiger partial charge is 0.450 e. The van der Waals surface area contributed by atoms with Crippen molar-refractivity contribution in [3.05, 3.63) is 0 Å². The van der Waals surface area contributed by atoms with Crippen LogP contribution in [0.15, 0.2) is 0 Å². The van der Waals surface area contributed by atoms with Crippen LogP contribution in [0.2, 0.25) is 0 Å². The van der Waals surface area contributed by atoms with Crippen molar-refractivity contribution >= 4 is 16.3 Å². The molecule has 8 heteroatoms. The minimum Gasteiger partial charge on any atom is -0.450 e. The summed E-state index contributed by atoms with van der Waals surface area (Å²) in [6.45, 7) is 6.18. The summed E-state index contributed by atoms with van der Waals surface area (Å²) < 4.78 is 33.5. The van der Waals surface area contributed by atoms with Gasteiger partial charge in [-0.3, -0.25) is 0 Å². The number of carbonyl (C=O) groups is 1. The van der Waals surface area contributed by atoms with E-state index in [0.29, 0.717) is 38.7 Å². The number of piperidine rings is 2. The van der Waals surface area contributed by atoms with E-state index in [1.54, 1.807) is 11.2 Å². The summed E-state index contributed by atoms with van der Waals surface area (Å²) >= 11 is 0. The Morgan fingerprint density at radius 2 is 1.82 bits per heavy atom. The lowest BCUT2D eigenvalue weighted by atomic mass is 10.0. The van der Waals surface area contributed by atoms with Crippen molar-refractivity contribution in [3.8, 4) is 0 Å². The number of carbonyl (C=O) groups excluding carboxylic acids is 1. The molecular formula is C14H27N3O4S. The molecule has 2 rings (SSSR count). The van der Waals surface area contributed by atoms with Crippen LogP contribution in [-0.2, 0) is 14.9 Å². The zero-order valence-electron chi connectivity index (χ0n) is 13.5. The molecule has 2 aliphatic rings. The number of hydrogen-bond donors (Lipinski definition) is 1. The first-order valence-electron chi connectivity index (χ1n) is 8.12. The van der Waals surface area contributed by atoms with E-state index >= 15 is 0 Å². The first kappa shape index (κ1) is 17.5. The van der Waals surface area contributed by atoms with Crippen molar-refractivity contribution in [2.75, 3.05) is 32.8 Å². The van der Waals surface area contributed by atoms with Crippen LogP contribution in [0.5, 0.6) is 0 Å². The maximum Gasteiger partial charge on any atom is 0.407 e. The minimum atomic E-state index is -3.42. The van der Waals surface area contributed by atoms with Gasteiger partial charge in [0.1, 0.15) is 0 Å². The predicted molar refractivity (Wildman–Crippen MR) is 83.6 cm³/mol. The molecule has 1 amide bonds. The molecule has 128 valence electrons. The van der Waals surface area contributed by atoms with Crippen molar-refractivity contribution in [3.63, 3.8) is 0 Å². The van der Waals surface area contributed by atoms with E-state index in [4.69, 9.17) is 4.74 Å². The molecule has 22 heavy (non-hydrogen) atoms. The van der Waals surface area contributed by atoms with Crippen LogP contribution in [-0.4, -0.2) is 61.9 Å². The van der Waals surface area contributed by atoms with Crippen LogP contribution in [0.4, 0.5) is 4.79 Å². The fraction of sp³-hybridized carbons (Fsp3) is 0.929. The Morgan fingerprint density at radius 3 is 2.45 bits per heavy atom. The van der Waals surface area contributed by atoms with Crippen molar-refractivity contribution in [1.82, 2.24) is 13.9 Å². The van der Waals surface area contributed by atoms with Crippen molar-refractivity contribution in [1.29, 1.82) is 0 Å². The molecule has 7 nitrogen and oxygen atoms in total. The molecule has 2 saturated heterocycles. The van der Waals surface area contributed by atoms with E-state index in [2.05, 4.69) is 12.2 Å². The van der Waals surface area contributed by atoms with Crippen LogP contribution in [0.1, 0.15) is 39.5 Å². The van der Waals surface area contributed by atoms with Crippen molar-refractivity contribution in [2.24, 2.45) is 5.92 Å². The molecule has 2 aliphatic heterocycles. The zero-order valence-corrected chi connectivity index (χ0v) is 14.3. The highest BCUT2D eigenvalue weighted by Gasteiger charge is 2.35. The van der Waals surface area contributed by atoms with Crippen molar-refractivity contribution in [2.45, 2.75) is 45.6 Å². The number of alkyl carbamates (subject to hydrolysis) is 1. The molecule has 2 atom stereocenters. The average Bonchev–Trinajstić information content (AvgIpc) is 2.47. The molecule has 0 radical (unpaired) electrons. The summed E-state index contributed by atoms with van der Waals surface area (Å²) in [4.78, 5) is 11.5. The lowest BCUT2D eigenvalue weighted by Crippen LogP contribution is -2.54. The summed E-state index contributed by atoms with van der Waals surface area (Å²) in [5.41, 5.74) is 0. The molecule has 0 bridgehead atoms. The summed E-state index contributed by atoms with van der Waals surface area (Å²) in [7, 11) is -3.42. The van der Waals surface area contributed by atoms with Gasteiger partial charge in [-0.05, 0) is 38.5 Å². The Labute approximate surface area is 133 Å². The van der Waals surface area contributed by atoms with E-state index in [9.17, 15) is 13.2 Å². The smallest absolute Gasteiger partial charge is 0.407 e.